The molecule has 9 heteroatoms. The van der Waals surface area contributed by atoms with Gasteiger partial charge >= 0.3 is 56.6 Å². The van der Waals surface area contributed by atoms with Crippen LogP contribution in [-0.4, -0.2) is 17.4 Å². The largest absolute Gasteiger partial charge is 1.00 e. The molecule has 0 aromatic heterocycles. The number of hydrogen-bond acceptors (Lipinski definition) is 5. The number of hydrogen-bond donors (Lipinski definition) is 1. The summed E-state index contributed by atoms with van der Waals surface area (Å²) in [5.74, 6) is 0. The third-order valence-corrected chi connectivity index (χ3v) is 0. The molecule has 6 nitrogen and oxygen atoms in total. The minimum atomic E-state index is -2.33. The Hall–Kier alpha value is 0.332. The first-order chi connectivity index (χ1) is 3.46. The van der Waals surface area contributed by atoms with Gasteiger partial charge in [0.05, 0.1) is 0 Å². The van der Waals surface area contributed by atoms with Gasteiger partial charge in [0.2, 0.25) is 6.16 Å². The monoisotopic (exact) mass is 142 g/mol. The summed E-state index contributed by atoms with van der Waals surface area (Å²) in [5, 5.41) is 32.0. The molecule has 48 valence electrons. The van der Waals surface area contributed by atoms with E-state index in [2.05, 4.69) is 0 Å². The molecule has 0 aromatic carbocycles. The van der Waals surface area contributed by atoms with Gasteiger partial charge < -0.3 is 30.0 Å². The van der Waals surface area contributed by atoms with Gasteiger partial charge in [0, 0.05) is 0 Å². The molecule has 1 N–H and O–H groups in total. The molecule has 0 aliphatic heterocycles. The van der Waals surface area contributed by atoms with E-state index in [1.54, 1.807) is 0 Å². The molecule has 0 bridgehead atoms. The van der Waals surface area contributed by atoms with Gasteiger partial charge in [0.15, 0.2) is 0 Å². The molecule has 0 heterocycles. The zero-order valence-electron chi connectivity index (χ0n) is 6.49. The Morgan fingerprint density at radius 1 is 0.909 bits per heavy atom. The van der Waals surface area contributed by atoms with Crippen LogP contribution in [0.15, 0.2) is 0 Å². The minimum Gasteiger partial charge on any atom is -0.652 e. The van der Waals surface area contributed by atoms with Gasteiger partial charge in [0.1, 0.15) is 0 Å². The van der Waals surface area contributed by atoms with Crippen LogP contribution in [0.1, 0.15) is 0 Å². The number of carbonyl (C=O) groups excluding carboxylic acids is 1. The number of carboxylic acid groups (broad SMARTS) is 4. The van der Waals surface area contributed by atoms with E-state index in [4.69, 9.17) is 30.0 Å². The predicted octanol–water partition coefficient (Wildman–Crippen LogP) is -12.5. The van der Waals surface area contributed by atoms with Crippen LogP contribution in [0.3, 0.4) is 0 Å². The van der Waals surface area contributed by atoms with Gasteiger partial charge in [-0.2, -0.15) is 0 Å². The molecule has 0 radical (unpaired) electrons. The third-order valence-electron chi connectivity index (χ3n) is 0. The first-order valence-electron chi connectivity index (χ1n) is 1.24. The maximum Gasteiger partial charge on any atom is 1.00 e. The molecule has 0 fully saturated rings. The Balaban J connectivity index is -0.0000000171. The summed E-state index contributed by atoms with van der Waals surface area (Å²) >= 11 is 0. The second-order valence-corrected chi connectivity index (χ2v) is 0.516. The predicted molar refractivity (Wildman–Crippen MR) is 13.4 cm³/mol. The van der Waals surface area contributed by atoms with E-state index in [0.717, 1.165) is 0 Å². The molecule has 0 unspecified atom stereocenters. The van der Waals surface area contributed by atoms with Crippen molar-refractivity contribution >= 4 is 12.3 Å². The van der Waals surface area contributed by atoms with Crippen LogP contribution < -0.4 is 71.9 Å². The van der Waals surface area contributed by atoms with Gasteiger partial charge in [0.25, 0.3) is 0 Å². The third kappa shape index (κ3) is 6500. The molecule has 0 amide bonds. The van der Waals surface area contributed by atoms with Gasteiger partial charge in [-0.25, -0.2) is 0 Å². The molecule has 0 saturated carbocycles. The zero-order valence-corrected chi connectivity index (χ0v) is 6.49. The Bertz CT molecular complexity index is 73.8. The molecule has 0 rings (SSSR count). The van der Waals surface area contributed by atoms with E-state index in [9.17, 15) is 0 Å². The normalized spacial score (nSPS) is 4.36. The standard InChI is InChI=1S/2CH2O3.3Li/c2*2-1(3)4;;;/h2*(H2,2,3,4);;;/q;;3*+1/p-3. The van der Waals surface area contributed by atoms with Crippen LogP contribution in [0.2, 0.25) is 0 Å². The van der Waals surface area contributed by atoms with Crippen LogP contribution in [0.5, 0.6) is 0 Å². The minimum absolute atomic E-state index is 0. The molecule has 0 atom stereocenters. The molecular weight excluding hydrogens is 141 g/mol. The number of carbonyl (C=O) groups is 2. The van der Waals surface area contributed by atoms with E-state index >= 15 is 0 Å². The summed E-state index contributed by atoms with van der Waals surface area (Å²) in [4.78, 5) is 16.8. The first kappa shape index (κ1) is 30.2. The summed E-state index contributed by atoms with van der Waals surface area (Å²) in [6.45, 7) is 0. The molecular formula is C2HLi3O6. The van der Waals surface area contributed by atoms with Crippen molar-refractivity contribution in [1.82, 2.24) is 0 Å². The van der Waals surface area contributed by atoms with Crippen molar-refractivity contribution in [2.24, 2.45) is 0 Å². The summed E-state index contributed by atoms with van der Waals surface area (Å²) in [6.07, 6.45) is -4.42. The molecule has 0 aliphatic carbocycles. The van der Waals surface area contributed by atoms with Gasteiger partial charge in [-0.05, 0) is 6.16 Å². The molecule has 0 aliphatic rings. The fourth-order valence-corrected chi connectivity index (χ4v) is 0. The molecule has 0 saturated heterocycles. The molecule has 0 spiro atoms. The molecule has 0 aromatic rings. The maximum absolute atomic E-state index is 8.44. The fraction of sp³-hybridized carbons (Fsp3) is 0. The average Bonchev–Trinajstić information content (AvgIpc) is 1.25. The second kappa shape index (κ2) is 22.4. The summed E-state index contributed by atoms with van der Waals surface area (Å²) in [6, 6.07) is 0. The van der Waals surface area contributed by atoms with Gasteiger partial charge in [-0.1, -0.05) is 0 Å². The van der Waals surface area contributed by atoms with E-state index in [1.807, 2.05) is 0 Å². The average molecular weight is 142 g/mol. The topological polar surface area (TPSA) is 124 Å². The smallest absolute Gasteiger partial charge is 0.652 e. The zero-order chi connectivity index (χ0) is 7.15. The maximum atomic E-state index is 8.44. The van der Waals surface area contributed by atoms with Crippen molar-refractivity contribution in [3.8, 4) is 0 Å². The van der Waals surface area contributed by atoms with Crippen LogP contribution in [-0.2, 0) is 0 Å². The SMILES string of the molecule is O=C([O-])O.O=C([O-])[O-].[Li+].[Li+].[Li+]. The second-order valence-electron chi connectivity index (χ2n) is 0.516. The van der Waals surface area contributed by atoms with Crippen LogP contribution in [0, 0.1) is 0 Å². The van der Waals surface area contributed by atoms with Gasteiger partial charge in [-0.3, -0.25) is 0 Å². The van der Waals surface area contributed by atoms with Crippen molar-refractivity contribution < 1.29 is 86.6 Å². The Morgan fingerprint density at radius 2 is 0.909 bits per heavy atom. The van der Waals surface area contributed by atoms with Gasteiger partial charge in [-0.15, -0.1) is 0 Å². The van der Waals surface area contributed by atoms with Crippen LogP contribution in [0.4, 0.5) is 9.59 Å². The van der Waals surface area contributed by atoms with Crippen molar-refractivity contribution in [3.63, 3.8) is 0 Å². The Kier molecular flexibility index (Phi) is 61.6. The Labute approximate surface area is 98.5 Å². The van der Waals surface area contributed by atoms with E-state index in [-0.39, 0.29) is 56.6 Å². The van der Waals surface area contributed by atoms with E-state index < -0.39 is 12.3 Å². The van der Waals surface area contributed by atoms with E-state index in [0.29, 0.717) is 0 Å². The quantitative estimate of drug-likeness (QED) is 0.334. The first-order valence-corrected chi connectivity index (χ1v) is 1.24. The van der Waals surface area contributed by atoms with Crippen molar-refractivity contribution in [2.75, 3.05) is 0 Å². The van der Waals surface area contributed by atoms with Crippen LogP contribution >= 0.6 is 0 Å². The summed E-state index contributed by atoms with van der Waals surface area (Å²) in [7, 11) is 0. The summed E-state index contributed by atoms with van der Waals surface area (Å²) in [5.41, 5.74) is 0. The number of rotatable bonds is 0. The van der Waals surface area contributed by atoms with Crippen molar-refractivity contribution in [2.45, 2.75) is 0 Å². The Morgan fingerprint density at radius 3 is 0.909 bits per heavy atom. The van der Waals surface area contributed by atoms with Crippen molar-refractivity contribution in [3.05, 3.63) is 0 Å². The van der Waals surface area contributed by atoms with Crippen molar-refractivity contribution in [1.29, 1.82) is 0 Å². The van der Waals surface area contributed by atoms with Crippen LogP contribution in [0.25, 0.3) is 0 Å². The fourth-order valence-electron chi connectivity index (χ4n) is 0. The van der Waals surface area contributed by atoms with E-state index in [1.165, 1.54) is 0 Å². The molecule has 11 heavy (non-hydrogen) atoms. The summed E-state index contributed by atoms with van der Waals surface area (Å²) < 4.78 is 0.